The lowest BCUT2D eigenvalue weighted by molar-refractivity contribution is -0.138. The fourth-order valence-electron chi connectivity index (χ4n) is 0.499. The molecule has 1 aliphatic heterocycles. The summed E-state index contributed by atoms with van der Waals surface area (Å²) < 4.78 is 4.38. The molecule has 1 heterocycles. The summed E-state index contributed by atoms with van der Waals surface area (Å²) in [5.74, 6) is -0.274. The highest BCUT2D eigenvalue weighted by Crippen LogP contribution is 2.03. The zero-order valence-electron chi connectivity index (χ0n) is 7.62. The van der Waals surface area contributed by atoms with Gasteiger partial charge in [0.1, 0.15) is 12.4 Å². The molecule has 0 saturated carbocycles. The molecule has 0 radical (unpaired) electrons. The second kappa shape index (κ2) is 5.94. The topological polar surface area (TPSA) is 63.6 Å². The van der Waals surface area contributed by atoms with E-state index in [1.54, 1.807) is 6.92 Å². The summed E-state index contributed by atoms with van der Waals surface area (Å²) in [5.41, 5.74) is 0. The summed E-state index contributed by atoms with van der Waals surface area (Å²) in [7, 11) is 0. The van der Waals surface area contributed by atoms with Crippen LogP contribution < -0.4 is 0 Å². The van der Waals surface area contributed by atoms with Crippen molar-refractivity contribution in [2.75, 3.05) is 6.61 Å². The summed E-state index contributed by atoms with van der Waals surface area (Å²) >= 11 is 5.26. The molecule has 0 bridgehead atoms. The van der Waals surface area contributed by atoms with Crippen LogP contribution in [-0.2, 0) is 14.3 Å². The molecule has 1 rings (SSSR count). The molecule has 0 amide bonds. The van der Waals surface area contributed by atoms with Crippen molar-refractivity contribution in [2.24, 2.45) is 0 Å². The van der Waals surface area contributed by atoms with E-state index >= 15 is 0 Å². The maximum absolute atomic E-state index is 10.1. The van der Waals surface area contributed by atoms with Gasteiger partial charge in [0.05, 0.1) is 17.9 Å². The summed E-state index contributed by atoms with van der Waals surface area (Å²) in [6.45, 7) is 3.31. The normalized spacial score (nSPS) is 22.8. The standard InChI is InChI=1S/C4H7ClO.C4H6O3/c1-3(5)4(2)6;5-3-1-4(6)7-2-3/h3H,1-2H3;3,5H,1-2H2. The van der Waals surface area contributed by atoms with Gasteiger partial charge in [-0.15, -0.1) is 11.6 Å². The molecule has 1 fully saturated rings. The van der Waals surface area contributed by atoms with Crippen LogP contribution in [-0.4, -0.2) is 34.9 Å². The van der Waals surface area contributed by atoms with Crippen molar-refractivity contribution in [3.05, 3.63) is 0 Å². The largest absolute Gasteiger partial charge is 0.463 e. The third kappa shape index (κ3) is 6.54. The van der Waals surface area contributed by atoms with Crippen molar-refractivity contribution in [3.8, 4) is 0 Å². The number of Topliss-reactive ketones (excluding diaryl/α,β-unsaturated/α-hetero) is 1. The Bertz CT molecular complexity index is 191. The molecular weight excluding hydrogens is 196 g/mol. The summed E-state index contributed by atoms with van der Waals surface area (Å²) in [4.78, 5) is 20.1. The fourth-order valence-corrected chi connectivity index (χ4v) is 0.499. The van der Waals surface area contributed by atoms with E-state index in [1.807, 2.05) is 0 Å². The van der Waals surface area contributed by atoms with E-state index in [1.165, 1.54) is 6.92 Å². The van der Waals surface area contributed by atoms with Gasteiger partial charge in [-0.3, -0.25) is 9.59 Å². The molecule has 2 unspecified atom stereocenters. The van der Waals surface area contributed by atoms with Gasteiger partial charge < -0.3 is 9.84 Å². The number of rotatable bonds is 1. The molecule has 1 saturated heterocycles. The maximum Gasteiger partial charge on any atom is 0.308 e. The highest BCUT2D eigenvalue weighted by Gasteiger charge is 2.20. The van der Waals surface area contributed by atoms with E-state index in [0.29, 0.717) is 0 Å². The van der Waals surface area contributed by atoms with Crippen LogP contribution in [0.5, 0.6) is 0 Å². The fraction of sp³-hybridized carbons (Fsp3) is 0.750. The number of ketones is 1. The van der Waals surface area contributed by atoms with Crippen LogP contribution in [0.2, 0.25) is 0 Å². The molecule has 76 valence electrons. The minimum Gasteiger partial charge on any atom is -0.463 e. The molecule has 0 aromatic heterocycles. The van der Waals surface area contributed by atoms with Crippen LogP contribution in [0.25, 0.3) is 0 Å². The van der Waals surface area contributed by atoms with Crippen molar-refractivity contribution in [2.45, 2.75) is 31.7 Å². The highest BCUT2D eigenvalue weighted by atomic mass is 35.5. The highest BCUT2D eigenvalue weighted by molar-refractivity contribution is 6.30. The van der Waals surface area contributed by atoms with Crippen LogP contribution in [0.1, 0.15) is 20.3 Å². The van der Waals surface area contributed by atoms with E-state index in [2.05, 4.69) is 4.74 Å². The molecule has 2 atom stereocenters. The lowest BCUT2D eigenvalue weighted by Gasteiger charge is -1.88. The van der Waals surface area contributed by atoms with Gasteiger partial charge in [0.2, 0.25) is 0 Å². The maximum atomic E-state index is 10.1. The molecular formula is C8H13ClO4. The number of ether oxygens (including phenoxy) is 1. The zero-order valence-corrected chi connectivity index (χ0v) is 8.37. The van der Waals surface area contributed by atoms with Gasteiger partial charge in [0.15, 0.2) is 0 Å². The Morgan fingerprint density at radius 1 is 1.77 bits per heavy atom. The predicted molar refractivity (Wildman–Crippen MR) is 47.6 cm³/mol. The van der Waals surface area contributed by atoms with Gasteiger partial charge in [-0.05, 0) is 13.8 Å². The van der Waals surface area contributed by atoms with E-state index < -0.39 is 6.10 Å². The van der Waals surface area contributed by atoms with Crippen LogP contribution in [0, 0.1) is 0 Å². The minimum absolute atomic E-state index is 0.0247. The first-order valence-corrected chi connectivity index (χ1v) is 4.35. The lowest BCUT2D eigenvalue weighted by atomic mass is 10.3. The zero-order chi connectivity index (χ0) is 10.4. The van der Waals surface area contributed by atoms with Gasteiger partial charge >= 0.3 is 5.97 Å². The molecule has 0 aromatic rings. The first-order valence-electron chi connectivity index (χ1n) is 3.91. The van der Waals surface area contributed by atoms with E-state index in [4.69, 9.17) is 16.7 Å². The van der Waals surface area contributed by atoms with Gasteiger partial charge in [-0.2, -0.15) is 0 Å². The van der Waals surface area contributed by atoms with E-state index in [0.717, 1.165) is 0 Å². The molecule has 1 aliphatic rings. The van der Waals surface area contributed by atoms with Gasteiger partial charge in [-0.1, -0.05) is 0 Å². The monoisotopic (exact) mass is 208 g/mol. The first kappa shape index (κ1) is 12.4. The Hall–Kier alpha value is -0.610. The second-order valence-corrected chi connectivity index (χ2v) is 3.42. The molecule has 5 heteroatoms. The summed E-state index contributed by atoms with van der Waals surface area (Å²) in [6.07, 6.45) is -0.382. The van der Waals surface area contributed by atoms with Crippen molar-refractivity contribution in [1.29, 1.82) is 0 Å². The van der Waals surface area contributed by atoms with E-state index in [-0.39, 0.29) is 30.2 Å². The number of alkyl halides is 1. The third-order valence-corrected chi connectivity index (χ3v) is 1.71. The SMILES string of the molecule is CC(=O)C(C)Cl.O=C1CC(O)CO1. The summed E-state index contributed by atoms with van der Waals surface area (Å²) in [5, 5.41) is 8.24. The van der Waals surface area contributed by atoms with Gasteiger partial charge in [0, 0.05) is 0 Å². The number of aliphatic hydroxyl groups excluding tert-OH is 1. The molecule has 0 aromatic carbocycles. The number of aliphatic hydroxyl groups is 1. The van der Waals surface area contributed by atoms with Crippen LogP contribution in [0.4, 0.5) is 0 Å². The predicted octanol–water partition coefficient (Wildman–Crippen LogP) is 0.497. The van der Waals surface area contributed by atoms with Crippen LogP contribution in [0.15, 0.2) is 0 Å². The number of hydrogen-bond acceptors (Lipinski definition) is 4. The van der Waals surface area contributed by atoms with Gasteiger partial charge in [0.25, 0.3) is 0 Å². The Labute approximate surface area is 81.8 Å². The number of carbonyl (C=O) groups excluding carboxylic acids is 2. The molecule has 4 nitrogen and oxygen atoms in total. The Balaban J connectivity index is 0.000000226. The lowest BCUT2D eigenvalue weighted by Crippen LogP contribution is -2.02. The van der Waals surface area contributed by atoms with Crippen molar-refractivity contribution < 1.29 is 19.4 Å². The molecule has 1 N–H and O–H groups in total. The van der Waals surface area contributed by atoms with Crippen molar-refractivity contribution in [1.82, 2.24) is 0 Å². The van der Waals surface area contributed by atoms with Crippen LogP contribution >= 0.6 is 11.6 Å². The first-order chi connectivity index (χ1) is 5.93. The molecule has 0 spiro atoms. The number of carbonyl (C=O) groups is 2. The Morgan fingerprint density at radius 3 is 2.31 bits per heavy atom. The van der Waals surface area contributed by atoms with Crippen molar-refractivity contribution >= 4 is 23.4 Å². The Kier molecular flexibility index (Phi) is 5.66. The number of halogens is 1. The number of hydrogen-bond donors (Lipinski definition) is 1. The molecule has 0 aliphatic carbocycles. The third-order valence-electron chi connectivity index (χ3n) is 1.40. The quantitative estimate of drug-likeness (QED) is 0.504. The van der Waals surface area contributed by atoms with Crippen molar-refractivity contribution in [3.63, 3.8) is 0 Å². The average molecular weight is 209 g/mol. The van der Waals surface area contributed by atoms with Crippen LogP contribution in [0.3, 0.4) is 0 Å². The Morgan fingerprint density at radius 2 is 2.23 bits per heavy atom. The second-order valence-electron chi connectivity index (χ2n) is 2.77. The minimum atomic E-state index is -0.549. The summed E-state index contributed by atoms with van der Waals surface area (Å²) in [6, 6.07) is 0. The average Bonchev–Trinajstić information content (AvgIpc) is 2.35. The molecule has 13 heavy (non-hydrogen) atoms. The smallest absolute Gasteiger partial charge is 0.308 e. The van der Waals surface area contributed by atoms with E-state index in [9.17, 15) is 9.59 Å². The number of cyclic esters (lactones) is 1. The van der Waals surface area contributed by atoms with Gasteiger partial charge in [-0.25, -0.2) is 0 Å². The number of esters is 1.